The summed E-state index contributed by atoms with van der Waals surface area (Å²) < 4.78 is 0. The smallest absolute Gasteiger partial charge is 0.239 e. The molecule has 1 aromatic rings. The van der Waals surface area contributed by atoms with Crippen LogP contribution >= 0.6 is 23.5 Å². The van der Waals surface area contributed by atoms with Crippen LogP contribution in [-0.2, 0) is 4.79 Å². The molecule has 6 heteroatoms. The summed E-state index contributed by atoms with van der Waals surface area (Å²) in [5.74, 6) is 0.818. The number of amides is 1. The minimum absolute atomic E-state index is 0.0267. The first-order valence-electron chi connectivity index (χ1n) is 6.86. The Bertz CT molecular complexity index is 567. The van der Waals surface area contributed by atoms with Crippen molar-refractivity contribution in [3.63, 3.8) is 0 Å². The van der Waals surface area contributed by atoms with Crippen molar-refractivity contribution in [1.29, 1.82) is 0 Å². The largest absolute Gasteiger partial charge is 0.303 e. The van der Waals surface area contributed by atoms with Crippen molar-refractivity contribution in [3.8, 4) is 0 Å². The highest BCUT2D eigenvalue weighted by Crippen LogP contribution is 2.22. The minimum Gasteiger partial charge on any atom is -0.303 e. The number of nitrogens with zero attached hydrogens (tertiary/aromatic N) is 2. The summed E-state index contributed by atoms with van der Waals surface area (Å²) in [6.45, 7) is 6.02. The molecule has 1 heterocycles. The van der Waals surface area contributed by atoms with Crippen LogP contribution in [0.2, 0.25) is 0 Å². The van der Waals surface area contributed by atoms with Gasteiger partial charge in [-0.3, -0.25) is 4.79 Å². The maximum Gasteiger partial charge on any atom is 0.239 e. The average Bonchev–Trinajstić information content (AvgIpc) is 2.85. The minimum atomic E-state index is -0.0267. The van der Waals surface area contributed by atoms with E-state index in [2.05, 4.69) is 46.7 Å². The zero-order valence-electron chi connectivity index (χ0n) is 12.4. The monoisotopic (exact) mass is 321 g/mol. The summed E-state index contributed by atoms with van der Waals surface area (Å²) in [6.07, 6.45) is 0.807. The van der Waals surface area contributed by atoms with Gasteiger partial charge in [-0.25, -0.2) is 0 Å². The second-order valence-electron chi connectivity index (χ2n) is 4.85. The molecule has 1 aliphatic rings. The quantitative estimate of drug-likeness (QED) is 0.513. The molecule has 0 radical (unpaired) electrons. The topological polar surface area (TPSA) is 53.8 Å². The summed E-state index contributed by atoms with van der Waals surface area (Å²) in [4.78, 5) is 12.8. The molecule has 1 aliphatic heterocycles. The first-order chi connectivity index (χ1) is 10.1. The van der Waals surface area contributed by atoms with E-state index in [0.717, 1.165) is 17.9 Å². The molecule has 0 aromatic heterocycles. The molecule has 0 bridgehead atoms. The lowest BCUT2D eigenvalue weighted by Crippen LogP contribution is -2.24. The van der Waals surface area contributed by atoms with Crippen molar-refractivity contribution in [2.45, 2.75) is 37.3 Å². The maximum absolute atomic E-state index is 11.5. The molecule has 1 aromatic carbocycles. The molecule has 1 N–H and O–H groups in total. The fourth-order valence-electron chi connectivity index (χ4n) is 1.70. The number of nitrogens with one attached hydrogen (secondary N) is 1. The van der Waals surface area contributed by atoms with Gasteiger partial charge in [0.2, 0.25) is 5.91 Å². The Morgan fingerprint density at radius 2 is 2.10 bits per heavy atom. The second-order valence-corrected chi connectivity index (χ2v) is 7.09. The van der Waals surface area contributed by atoms with Crippen LogP contribution in [0.15, 0.2) is 39.4 Å². The molecular formula is C15H19N3OS2. The number of carbonyl (C=O) groups excluding carboxylic acids is 1. The third kappa shape index (κ3) is 4.89. The van der Waals surface area contributed by atoms with Gasteiger partial charge in [-0.1, -0.05) is 36.4 Å². The highest BCUT2D eigenvalue weighted by molar-refractivity contribution is 8.15. The molecule has 1 amide bonds. The Hall–Kier alpha value is -1.27. The van der Waals surface area contributed by atoms with Crippen molar-refractivity contribution in [2.75, 3.05) is 5.75 Å². The molecule has 1 fully saturated rings. The van der Waals surface area contributed by atoms with Gasteiger partial charge in [0.1, 0.15) is 0 Å². The molecule has 0 saturated carbocycles. The molecule has 0 aliphatic carbocycles. The summed E-state index contributed by atoms with van der Waals surface area (Å²) in [7, 11) is 0. The molecule has 1 saturated heterocycles. The van der Waals surface area contributed by atoms with E-state index in [4.69, 9.17) is 0 Å². The van der Waals surface area contributed by atoms with Gasteiger partial charge >= 0.3 is 0 Å². The van der Waals surface area contributed by atoms with E-state index < -0.39 is 0 Å². The fourth-order valence-corrected chi connectivity index (χ4v) is 3.31. The van der Waals surface area contributed by atoms with Crippen molar-refractivity contribution in [2.24, 2.45) is 10.2 Å². The Morgan fingerprint density at radius 3 is 2.71 bits per heavy atom. The van der Waals surface area contributed by atoms with E-state index in [1.807, 2.05) is 13.8 Å². The number of benzene rings is 1. The molecule has 112 valence electrons. The number of hydrogen-bond acceptors (Lipinski definition) is 5. The van der Waals surface area contributed by atoms with E-state index in [-0.39, 0.29) is 11.2 Å². The second kappa shape index (κ2) is 7.66. The van der Waals surface area contributed by atoms with Gasteiger partial charge in [0.25, 0.3) is 0 Å². The zero-order valence-corrected chi connectivity index (χ0v) is 14.1. The summed E-state index contributed by atoms with van der Waals surface area (Å²) in [6, 6.07) is 8.42. The van der Waals surface area contributed by atoms with Gasteiger partial charge in [0, 0.05) is 16.4 Å². The summed E-state index contributed by atoms with van der Waals surface area (Å²) >= 11 is 3.18. The van der Waals surface area contributed by atoms with Crippen molar-refractivity contribution in [3.05, 3.63) is 29.8 Å². The molecule has 2 rings (SSSR count). The van der Waals surface area contributed by atoms with Crippen LogP contribution in [-0.4, -0.2) is 27.8 Å². The number of amidine groups is 1. The molecule has 4 nitrogen and oxygen atoms in total. The van der Waals surface area contributed by atoms with Gasteiger partial charge in [0.05, 0.1) is 5.25 Å². The number of rotatable bonds is 5. The Labute approximate surface area is 133 Å². The third-order valence-corrected chi connectivity index (χ3v) is 5.33. The van der Waals surface area contributed by atoms with Crippen molar-refractivity contribution >= 4 is 40.3 Å². The van der Waals surface area contributed by atoms with Crippen LogP contribution in [0.5, 0.6) is 0 Å². The Morgan fingerprint density at radius 1 is 1.38 bits per heavy atom. The normalized spacial score (nSPS) is 20.9. The van der Waals surface area contributed by atoms with E-state index >= 15 is 0 Å². The maximum atomic E-state index is 11.5. The van der Waals surface area contributed by atoms with E-state index in [9.17, 15) is 4.79 Å². The van der Waals surface area contributed by atoms with Crippen molar-refractivity contribution in [1.82, 2.24) is 5.32 Å². The molecule has 21 heavy (non-hydrogen) atoms. The molecular weight excluding hydrogens is 302 g/mol. The van der Waals surface area contributed by atoms with Crippen LogP contribution in [0.3, 0.4) is 0 Å². The zero-order chi connectivity index (χ0) is 15.2. The van der Waals surface area contributed by atoms with Gasteiger partial charge < -0.3 is 5.32 Å². The van der Waals surface area contributed by atoms with E-state index in [1.54, 1.807) is 11.8 Å². The Kier molecular flexibility index (Phi) is 5.87. The number of carbonyl (C=O) groups is 1. The summed E-state index contributed by atoms with van der Waals surface area (Å²) in [5.41, 5.74) is 2.19. The van der Waals surface area contributed by atoms with Crippen LogP contribution < -0.4 is 5.32 Å². The van der Waals surface area contributed by atoms with Crippen LogP contribution in [0.4, 0.5) is 0 Å². The van der Waals surface area contributed by atoms with Crippen LogP contribution in [0.1, 0.15) is 25.8 Å². The summed E-state index contributed by atoms with van der Waals surface area (Å²) in [5, 5.41) is 11.6. The van der Waals surface area contributed by atoms with Gasteiger partial charge in [-0.15, -0.1) is 16.9 Å². The number of thioether (sulfide) groups is 2. The van der Waals surface area contributed by atoms with Gasteiger partial charge in [-0.05, 0) is 32.4 Å². The standard InChI is InChI=1S/C15H19N3OS2/c1-4-13-14(19)16-15(21-13)18-17-11(3)9-20-12-7-5-10(2)6-8-12/h5-8,13H,4,9H2,1-3H3,(H,16,18,19)/b17-11+. The van der Waals surface area contributed by atoms with Gasteiger partial charge in [-0.2, -0.15) is 5.10 Å². The highest BCUT2D eigenvalue weighted by atomic mass is 32.2. The predicted octanol–water partition coefficient (Wildman–Crippen LogP) is 3.46. The molecule has 1 unspecified atom stereocenters. The highest BCUT2D eigenvalue weighted by Gasteiger charge is 2.28. The average molecular weight is 321 g/mol. The van der Waals surface area contributed by atoms with E-state index in [1.165, 1.54) is 22.2 Å². The number of aryl methyl sites for hydroxylation is 1. The van der Waals surface area contributed by atoms with E-state index in [0.29, 0.717) is 5.17 Å². The van der Waals surface area contributed by atoms with Crippen LogP contribution in [0.25, 0.3) is 0 Å². The molecule has 0 spiro atoms. The fraction of sp³-hybridized carbons (Fsp3) is 0.400. The van der Waals surface area contributed by atoms with Crippen molar-refractivity contribution < 1.29 is 4.79 Å². The SMILES string of the molecule is CCC1S/C(=N/N=C(\C)CSc2ccc(C)cc2)NC1=O. The van der Waals surface area contributed by atoms with Crippen LogP contribution in [0, 0.1) is 6.92 Å². The molecule has 1 atom stereocenters. The Balaban J connectivity index is 1.87. The first kappa shape index (κ1) is 16.1. The lowest BCUT2D eigenvalue weighted by molar-refractivity contribution is -0.118. The number of hydrogen-bond donors (Lipinski definition) is 1. The van der Waals surface area contributed by atoms with Gasteiger partial charge in [0.15, 0.2) is 5.17 Å². The predicted molar refractivity (Wildman–Crippen MR) is 92.3 cm³/mol. The lowest BCUT2D eigenvalue weighted by Gasteiger charge is -2.01. The first-order valence-corrected chi connectivity index (χ1v) is 8.73. The lowest BCUT2D eigenvalue weighted by atomic mass is 10.2. The third-order valence-electron chi connectivity index (χ3n) is 2.93.